The van der Waals surface area contributed by atoms with Crippen molar-refractivity contribution in [2.75, 3.05) is 0 Å². The molecule has 98 valence electrons. The van der Waals surface area contributed by atoms with Gasteiger partial charge in [-0.05, 0) is 11.6 Å². The van der Waals surface area contributed by atoms with Gasteiger partial charge in [0.2, 0.25) is 0 Å². The van der Waals surface area contributed by atoms with Crippen molar-refractivity contribution < 1.29 is 23.4 Å². The predicted octanol–water partition coefficient (Wildman–Crippen LogP) is 3.09. The van der Waals surface area contributed by atoms with E-state index >= 15 is 0 Å². The number of halogens is 2. The summed E-state index contributed by atoms with van der Waals surface area (Å²) >= 11 is 0. The van der Waals surface area contributed by atoms with Crippen LogP contribution in [0, 0.1) is 0 Å². The molecule has 1 heterocycles. The number of hydrogen-bond acceptors (Lipinski definition) is 3. The van der Waals surface area contributed by atoms with Gasteiger partial charge in [-0.3, -0.25) is 0 Å². The number of alkyl halides is 2. The Morgan fingerprint density at radius 3 is 2.42 bits per heavy atom. The van der Waals surface area contributed by atoms with E-state index < -0.39 is 12.4 Å². The minimum Gasteiger partial charge on any atom is -0.395 e. The smallest absolute Gasteiger partial charge is 0.395 e. The van der Waals surface area contributed by atoms with E-state index in [1.54, 1.807) is 30.3 Å². The van der Waals surface area contributed by atoms with Crippen LogP contribution in [0.4, 0.5) is 8.78 Å². The normalized spacial score (nSPS) is 17.2. The number of rotatable bonds is 2. The highest BCUT2D eigenvalue weighted by molar-refractivity contribution is 5.51. The van der Waals surface area contributed by atoms with Crippen LogP contribution < -0.4 is 9.47 Å². The van der Waals surface area contributed by atoms with Crippen LogP contribution in [-0.4, -0.2) is 11.4 Å². The van der Waals surface area contributed by atoms with Gasteiger partial charge in [-0.2, -0.15) is 0 Å². The number of fused-ring (bicyclic) bond motifs is 1. The Morgan fingerprint density at radius 1 is 0.947 bits per heavy atom. The summed E-state index contributed by atoms with van der Waals surface area (Å²) in [7, 11) is 0. The Morgan fingerprint density at radius 2 is 1.68 bits per heavy atom. The Hall–Kier alpha value is -2.14. The third-order valence-electron chi connectivity index (χ3n) is 2.87. The minimum absolute atomic E-state index is 0.0718. The van der Waals surface area contributed by atoms with Gasteiger partial charge in [0.05, 0.1) is 0 Å². The molecule has 19 heavy (non-hydrogen) atoms. The van der Waals surface area contributed by atoms with Gasteiger partial charge in [-0.1, -0.05) is 42.5 Å². The second-order valence-corrected chi connectivity index (χ2v) is 4.16. The van der Waals surface area contributed by atoms with Crippen LogP contribution in [-0.2, 0) is 0 Å². The molecular formula is C14H10F2O3. The number of ether oxygens (including phenoxy) is 2. The summed E-state index contributed by atoms with van der Waals surface area (Å²) in [5.74, 6) is -0.193. The fraction of sp³-hybridized carbons (Fsp3) is 0.143. The van der Waals surface area contributed by atoms with Crippen LogP contribution in [0.1, 0.15) is 17.2 Å². The Labute approximate surface area is 108 Å². The number of hydrogen-bond donors (Lipinski definition) is 1. The van der Waals surface area contributed by atoms with Gasteiger partial charge in [0.1, 0.15) is 6.10 Å². The molecule has 2 aromatic carbocycles. The molecule has 0 saturated heterocycles. The van der Waals surface area contributed by atoms with Gasteiger partial charge in [-0.25, -0.2) is 0 Å². The topological polar surface area (TPSA) is 38.7 Å². The number of aliphatic hydroxyl groups excluding tert-OH is 1. The van der Waals surface area contributed by atoms with Crippen molar-refractivity contribution in [1.82, 2.24) is 0 Å². The highest BCUT2D eigenvalue weighted by Gasteiger charge is 2.45. The van der Waals surface area contributed by atoms with Crippen molar-refractivity contribution in [1.29, 1.82) is 0 Å². The lowest BCUT2D eigenvalue weighted by atomic mass is 10.0. The molecule has 2 aromatic rings. The van der Waals surface area contributed by atoms with E-state index in [1.165, 1.54) is 18.2 Å². The standard InChI is InChI=1S/C14H10F2O3/c15-14(16)18-11-8-4-7-10(13(11)19-14)12(17)9-5-2-1-3-6-9/h1-8,12,17H. The summed E-state index contributed by atoms with van der Waals surface area (Å²) < 4.78 is 34.9. The highest BCUT2D eigenvalue weighted by atomic mass is 19.3. The maximum atomic E-state index is 13.1. The third-order valence-corrected chi connectivity index (χ3v) is 2.87. The van der Waals surface area contributed by atoms with Crippen molar-refractivity contribution in [2.45, 2.75) is 12.4 Å². The molecule has 1 aliphatic rings. The molecule has 5 heteroatoms. The SMILES string of the molecule is OC(c1ccccc1)c1cccc2c1OC(F)(F)O2. The predicted molar refractivity (Wildman–Crippen MR) is 63.1 cm³/mol. The second kappa shape index (κ2) is 4.20. The molecule has 3 nitrogen and oxygen atoms in total. The first kappa shape index (κ1) is 11.9. The molecule has 3 rings (SSSR count). The molecule has 0 saturated carbocycles. The first-order valence-electron chi connectivity index (χ1n) is 5.68. The van der Waals surface area contributed by atoms with E-state index in [9.17, 15) is 13.9 Å². The van der Waals surface area contributed by atoms with Crippen molar-refractivity contribution in [3.63, 3.8) is 0 Å². The maximum Gasteiger partial charge on any atom is 0.586 e. The van der Waals surface area contributed by atoms with Gasteiger partial charge in [0.25, 0.3) is 0 Å². The molecule has 0 radical (unpaired) electrons. The summed E-state index contributed by atoms with van der Waals surface area (Å²) in [6, 6.07) is 13.2. The van der Waals surface area contributed by atoms with E-state index in [4.69, 9.17) is 0 Å². The van der Waals surface area contributed by atoms with Gasteiger partial charge in [0.15, 0.2) is 11.5 Å². The zero-order valence-corrected chi connectivity index (χ0v) is 9.72. The molecule has 0 spiro atoms. The molecule has 0 bridgehead atoms. The summed E-state index contributed by atoms with van der Waals surface area (Å²) in [6.07, 6.45) is -4.73. The first-order chi connectivity index (χ1) is 9.07. The average molecular weight is 264 g/mol. The molecule has 1 unspecified atom stereocenters. The molecule has 0 aliphatic carbocycles. The van der Waals surface area contributed by atoms with Crippen LogP contribution in [0.25, 0.3) is 0 Å². The van der Waals surface area contributed by atoms with Gasteiger partial charge in [0, 0.05) is 5.56 Å². The van der Waals surface area contributed by atoms with Gasteiger partial charge < -0.3 is 14.6 Å². The fourth-order valence-electron chi connectivity index (χ4n) is 2.02. The molecule has 0 amide bonds. The molecule has 1 N–H and O–H groups in total. The molecule has 0 fully saturated rings. The average Bonchev–Trinajstić information content (AvgIpc) is 2.72. The van der Waals surface area contributed by atoms with E-state index in [0.717, 1.165) is 0 Å². The van der Waals surface area contributed by atoms with E-state index in [1.807, 2.05) is 0 Å². The summed E-state index contributed by atoms with van der Waals surface area (Å²) in [4.78, 5) is 0. The van der Waals surface area contributed by atoms with Crippen molar-refractivity contribution in [3.05, 3.63) is 59.7 Å². The lowest BCUT2D eigenvalue weighted by molar-refractivity contribution is -0.287. The van der Waals surface area contributed by atoms with E-state index in [2.05, 4.69) is 9.47 Å². The summed E-state index contributed by atoms with van der Waals surface area (Å²) in [6.45, 7) is 0. The van der Waals surface area contributed by atoms with Crippen LogP contribution in [0.3, 0.4) is 0 Å². The number of benzene rings is 2. The van der Waals surface area contributed by atoms with Crippen LogP contribution in [0.15, 0.2) is 48.5 Å². The lowest BCUT2D eigenvalue weighted by Crippen LogP contribution is -2.26. The van der Waals surface area contributed by atoms with Crippen LogP contribution in [0.5, 0.6) is 11.5 Å². The largest absolute Gasteiger partial charge is 0.586 e. The zero-order chi connectivity index (χ0) is 13.5. The quantitative estimate of drug-likeness (QED) is 0.905. The fourth-order valence-corrected chi connectivity index (χ4v) is 2.02. The monoisotopic (exact) mass is 264 g/mol. The van der Waals surface area contributed by atoms with Crippen molar-refractivity contribution in [3.8, 4) is 11.5 Å². The van der Waals surface area contributed by atoms with Crippen molar-refractivity contribution >= 4 is 0 Å². The number of para-hydroxylation sites is 1. The number of aliphatic hydroxyl groups is 1. The Balaban J connectivity index is 2.02. The van der Waals surface area contributed by atoms with Crippen molar-refractivity contribution in [2.24, 2.45) is 0 Å². The Kier molecular flexibility index (Phi) is 2.64. The van der Waals surface area contributed by atoms with Crippen LogP contribution >= 0.6 is 0 Å². The first-order valence-corrected chi connectivity index (χ1v) is 5.68. The molecule has 0 aromatic heterocycles. The summed E-state index contributed by atoms with van der Waals surface area (Å²) in [5, 5.41) is 10.2. The Bertz CT molecular complexity index is 599. The van der Waals surface area contributed by atoms with E-state index in [-0.39, 0.29) is 17.1 Å². The van der Waals surface area contributed by atoms with Crippen LogP contribution in [0.2, 0.25) is 0 Å². The van der Waals surface area contributed by atoms with Gasteiger partial charge >= 0.3 is 6.29 Å². The zero-order valence-electron chi connectivity index (χ0n) is 9.72. The summed E-state index contributed by atoms with van der Waals surface area (Å²) in [5.41, 5.74) is 0.843. The maximum absolute atomic E-state index is 13.1. The lowest BCUT2D eigenvalue weighted by Gasteiger charge is -2.13. The highest BCUT2D eigenvalue weighted by Crippen LogP contribution is 2.46. The third kappa shape index (κ3) is 2.13. The minimum atomic E-state index is -3.69. The molecular weight excluding hydrogens is 254 g/mol. The molecule has 1 atom stereocenters. The van der Waals surface area contributed by atoms with E-state index in [0.29, 0.717) is 5.56 Å². The second-order valence-electron chi connectivity index (χ2n) is 4.16. The molecule has 1 aliphatic heterocycles. The van der Waals surface area contributed by atoms with Gasteiger partial charge in [-0.15, -0.1) is 8.78 Å².